The largest absolute Gasteiger partial charge is 0.371 e. The van der Waals surface area contributed by atoms with Gasteiger partial charge >= 0.3 is 0 Å². The number of Topliss-reactive ketones (excluding diaryl/α,β-unsaturated/α-hetero) is 1. The molecule has 0 bridgehead atoms. The number of ketones is 1. The highest BCUT2D eigenvalue weighted by molar-refractivity contribution is 6.42. The number of hydrogen-bond donors (Lipinski definition) is 0. The lowest BCUT2D eigenvalue weighted by Gasteiger charge is -2.21. The van der Waals surface area contributed by atoms with Crippen molar-refractivity contribution < 1.29 is 9.53 Å². The maximum absolute atomic E-state index is 11.9. The molecule has 0 N–H and O–H groups in total. The predicted octanol–water partition coefficient (Wildman–Crippen LogP) is 3.60. The fourth-order valence-corrected chi connectivity index (χ4v) is 1.38. The summed E-state index contributed by atoms with van der Waals surface area (Å²) in [6.07, 6.45) is 0. The first-order valence-corrected chi connectivity index (χ1v) is 5.19. The van der Waals surface area contributed by atoms with Crippen molar-refractivity contribution in [3.05, 3.63) is 33.8 Å². The maximum atomic E-state index is 11.9. The molecule has 82 valence electrons. The van der Waals surface area contributed by atoms with Crippen LogP contribution in [-0.4, -0.2) is 18.5 Å². The number of methoxy groups -OCH3 is 1. The van der Waals surface area contributed by atoms with Crippen LogP contribution in [0.1, 0.15) is 24.2 Å². The van der Waals surface area contributed by atoms with Gasteiger partial charge in [-0.15, -0.1) is 0 Å². The molecule has 0 amide bonds. The van der Waals surface area contributed by atoms with Gasteiger partial charge in [-0.05, 0) is 32.0 Å². The summed E-state index contributed by atoms with van der Waals surface area (Å²) in [5, 5.41) is 0.804. The minimum atomic E-state index is -0.850. The Kier molecular flexibility index (Phi) is 3.77. The fraction of sp³-hybridized carbons (Fsp3) is 0.364. The third kappa shape index (κ3) is 2.71. The van der Waals surface area contributed by atoms with Crippen molar-refractivity contribution in [1.29, 1.82) is 0 Å². The SMILES string of the molecule is COC(C)(C)C(=O)c1ccc(Cl)c(Cl)c1. The minimum absolute atomic E-state index is 0.122. The zero-order valence-corrected chi connectivity index (χ0v) is 10.3. The van der Waals surface area contributed by atoms with E-state index in [1.807, 2.05) is 0 Å². The Morgan fingerprint density at radius 3 is 2.33 bits per heavy atom. The summed E-state index contributed by atoms with van der Waals surface area (Å²) in [4.78, 5) is 11.9. The number of benzene rings is 1. The van der Waals surface area contributed by atoms with E-state index in [0.29, 0.717) is 15.6 Å². The van der Waals surface area contributed by atoms with E-state index in [0.717, 1.165) is 0 Å². The highest BCUT2D eigenvalue weighted by Gasteiger charge is 2.28. The van der Waals surface area contributed by atoms with Gasteiger partial charge in [0.2, 0.25) is 0 Å². The molecule has 15 heavy (non-hydrogen) atoms. The second-order valence-corrected chi connectivity index (χ2v) is 4.49. The molecular weight excluding hydrogens is 235 g/mol. The van der Waals surface area contributed by atoms with Gasteiger partial charge in [0.05, 0.1) is 10.0 Å². The van der Waals surface area contributed by atoms with Gasteiger partial charge in [-0.3, -0.25) is 4.79 Å². The van der Waals surface area contributed by atoms with Gasteiger partial charge in [0.15, 0.2) is 5.78 Å². The average molecular weight is 247 g/mol. The van der Waals surface area contributed by atoms with Crippen molar-refractivity contribution in [1.82, 2.24) is 0 Å². The Balaban J connectivity index is 3.08. The number of hydrogen-bond acceptors (Lipinski definition) is 2. The van der Waals surface area contributed by atoms with Crippen LogP contribution in [0.3, 0.4) is 0 Å². The summed E-state index contributed by atoms with van der Waals surface area (Å²) in [5.41, 5.74) is -0.354. The van der Waals surface area contributed by atoms with Crippen molar-refractivity contribution >= 4 is 29.0 Å². The lowest BCUT2D eigenvalue weighted by Crippen LogP contribution is -2.33. The first-order chi connectivity index (χ1) is 6.88. The molecule has 1 aromatic rings. The van der Waals surface area contributed by atoms with E-state index in [9.17, 15) is 4.79 Å². The van der Waals surface area contributed by atoms with Crippen molar-refractivity contribution in [3.8, 4) is 0 Å². The molecule has 0 unspecified atom stereocenters. The number of carbonyl (C=O) groups is 1. The second kappa shape index (κ2) is 4.52. The third-order valence-electron chi connectivity index (χ3n) is 2.24. The molecule has 1 rings (SSSR count). The van der Waals surface area contributed by atoms with Crippen LogP contribution >= 0.6 is 23.2 Å². The molecule has 0 spiro atoms. The monoisotopic (exact) mass is 246 g/mol. The molecule has 0 heterocycles. The normalized spacial score (nSPS) is 11.5. The third-order valence-corrected chi connectivity index (χ3v) is 2.98. The number of halogens is 2. The minimum Gasteiger partial charge on any atom is -0.371 e. The van der Waals surface area contributed by atoms with E-state index in [1.165, 1.54) is 7.11 Å². The Hall–Kier alpha value is -0.570. The summed E-state index contributed by atoms with van der Waals surface area (Å²) >= 11 is 11.6. The van der Waals surface area contributed by atoms with E-state index in [1.54, 1.807) is 32.0 Å². The fourth-order valence-electron chi connectivity index (χ4n) is 1.08. The molecule has 2 nitrogen and oxygen atoms in total. The Morgan fingerprint density at radius 1 is 1.27 bits per heavy atom. The van der Waals surface area contributed by atoms with Gasteiger partial charge in [0.1, 0.15) is 5.60 Å². The molecule has 0 aliphatic rings. The average Bonchev–Trinajstić information content (AvgIpc) is 2.21. The molecule has 0 aliphatic heterocycles. The van der Waals surface area contributed by atoms with Gasteiger partial charge < -0.3 is 4.74 Å². The van der Waals surface area contributed by atoms with Crippen LogP contribution in [0.4, 0.5) is 0 Å². The Morgan fingerprint density at radius 2 is 1.87 bits per heavy atom. The smallest absolute Gasteiger partial charge is 0.194 e. The van der Waals surface area contributed by atoms with Crippen molar-refractivity contribution in [2.75, 3.05) is 7.11 Å². The van der Waals surface area contributed by atoms with Gasteiger partial charge in [-0.1, -0.05) is 23.2 Å². The molecule has 0 aromatic heterocycles. The first-order valence-electron chi connectivity index (χ1n) is 4.43. The summed E-state index contributed by atoms with van der Waals surface area (Å²) in [6.45, 7) is 3.41. The van der Waals surface area contributed by atoms with Crippen molar-refractivity contribution in [2.24, 2.45) is 0 Å². The standard InChI is InChI=1S/C11H12Cl2O2/c1-11(2,15-3)10(14)7-4-5-8(12)9(13)6-7/h4-6H,1-3H3. The summed E-state index contributed by atoms with van der Waals surface area (Å²) < 4.78 is 5.10. The van der Waals surface area contributed by atoms with Crippen molar-refractivity contribution in [2.45, 2.75) is 19.4 Å². The van der Waals surface area contributed by atoms with Crippen LogP contribution in [0.2, 0.25) is 10.0 Å². The van der Waals surface area contributed by atoms with E-state index >= 15 is 0 Å². The van der Waals surface area contributed by atoms with Crippen LogP contribution in [0, 0.1) is 0 Å². The summed E-state index contributed by atoms with van der Waals surface area (Å²) in [7, 11) is 1.50. The van der Waals surface area contributed by atoms with Gasteiger partial charge in [-0.2, -0.15) is 0 Å². The lowest BCUT2D eigenvalue weighted by atomic mass is 9.97. The van der Waals surface area contributed by atoms with E-state index in [4.69, 9.17) is 27.9 Å². The second-order valence-electron chi connectivity index (χ2n) is 3.67. The Bertz CT molecular complexity index is 386. The van der Waals surface area contributed by atoms with Gasteiger partial charge in [0.25, 0.3) is 0 Å². The molecular formula is C11H12Cl2O2. The van der Waals surface area contributed by atoms with E-state index in [2.05, 4.69) is 0 Å². The molecule has 1 aromatic carbocycles. The van der Waals surface area contributed by atoms with Gasteiger partial charge in [-0.25, -0.2) is 0 Å². The van der Waals surface area contributed by atoms with Crippen LogP contribution < -0.4 is 0 Å². The van der Waals surface area contributed by atoms with Crippen LogP contribution in [-0.2, 0) is 4.74 Å². The highest BCUT2D eigenvalue weighted by atomic mass is 35.5. The van der Waals surface area contributed by atoms with Crippen LogP contribution in [0.25, 0.3) is 0 Å². The molecule has 0 atom stereocenters. The topological polar surface area (TPSA) is 26.3 Å². The molecule has 0 saturated heterocycles. The predicted molar refractivity (Wildman–Crippen MR) is 61.9 cm³/mol. The summed E-state index contributed by atoms with van der Waals surface area (Å²) in [5.74, 6) is -0.122. The van der Waals surface area contributed by atoms with E-state index < -0.39 is 5.60 Å². The number of rotatable bonds is 3. The highest BCUT2D eigenvalue weighted by Crippen LogP contribution is 2.25. The zero-order valence-electron chi connectivity index (χ0n) is 8.80. The van der Waals surface area contributed by atoms with Crippen molar-refractivity contribution in [3.63, 3.8) is 0 Å². The van der Waals surface area contributed by atoms with Crippen LogP contribution in [0.5, 0.6) is 0 Å². The molecule has 4 heteroatoms. The maximum Gasteiger partial charge on any atom is 0.194 e. The summed E-state index contributed by atoms with van der Waals surface area (Å²) in [6, 6.07) is 4.78. The number of ether oxygens (including phenoxy) is 1. The molecule has 0 saturated carbocycles. The van der Waals surface area contributed by atoms with Crippen LogP contribution in [0.15, 0.2) is 18.2 Å². The lowest BCUT2D eigenvalue weighted by molar-refractivity contribution is 0.0228. The molecule has 0 aliphatic carbocycles. The zero-order chi connectivity index (χ0) is 11.6. The van der Waals surface area contributed by atoms with E-state index in [-0.39, 0.29) is 5.78 Å². The first kappa shape index (κ1) is 12.5. The molecule has 0 radical (unpaired) electrons. The van der Waals surface area contributed by atoms with Gasteiger partial charge in [0, 0.05) is 12.7 Å². The Labute approximate surface area is 99.1 Å². The molecule has 0 fully saturated rings. The quantitative estimate of drug-likeness (QED) is 0.763. The number of carbonyl (C=O) groups excluding carboxylic acids is 1.